The van der Waals surface area contributed by atoms with Crippen LogP contribution in [-0.4, -0.2) is 77.1 Å². The van der Waals surface area contributed by atoms with Gasteiger partial charge in [-0.2, -0.15) is 0 Å². The number of aromatic nitrogens is 3. The first kappa shape index (κ1) is 24.5. The van der Waals surface area contributed by atoms with Crippen LogP contribution in [0.5, 0.6) is 0 Å². The van der Waals surface area contributed by atoms with Gasteiger partial charge in [-0.25, -0.2) is 9.78 Å². The minimum atomic E-state index is -0.408. The second kappa shape index (κ2) is 10.8. The standard InChI is InChI=1S/C27H37N7O2/c1-4-36-27(35)29-18-23-21(19-32(3)22-10-5-8-20-9-7-13-28-26(20)22)30-24-11-6-12-25(34(23)24)33-16-14-31(2)15-17-33/h6-7,9,11-13,22H,4-5,8,10,14-19H2,1-3H3,(H,29,35)/t22-/m0/s1. The number of nitrogens with one attached hydrogen (secondary N) is 1. The van der Waals surface area contributed by atoms with Crippen molar-refractivity contribution in [2.75, 3.05) is 51.8 Å². The summed E-state index contributed by atoms with van der Waals surface area (Å²) < 4.78 is 7.37. The van der Waals surface area contributed by atoms with Gasteiger partial charge in [0.2, 0.25) is 0 Å². The number of piperazine rings is 1. The first-order chi connectivity index (χ1) is 17.5. The van der Waals surface area contributed by atoms with Crippen molar-refractivity contribution in [3.8, 4) is 0 Å². The van der Waals surface area contributed by atoms with E-state index >= 15 is 0 Å². The lowest BCUT2D eigenvalue weighted by Gasteiger charge is -2.34. The molecule has 1 aliphatic carbocycles. The van der Waals surface area contributed by atoms with E-state index in [1.165, 1.54) is 11.3 Å². The Morgan fingerprint density at radius 2 is 2.03 bits per heavy atom. The van der Waals surface area contributed by atoms with Crippen molar-refractivity contribution in [2.45, 2.75) is 45.3 Å². The van der Waals surface area contributed by atoms with Gasteiger partial charge in [-0.15, -0.1) is 0 Å². The highest BCUT2D eigenvalue weighted by molar-refractivity contribution is 5.67. The molecule has 9 nitrogen and oxygen atoms in total. The van der Waals surface area contributed by atoms with Gasteiger partial charge in [0.05, 0.1) is 36.3 Å². The summed E-state index contributed by atoms with van der Waals surface area (Å²) in [5, 5.41) is 2.94. The lowest BCUT2D eigenvalue weighted by molar-refractivity contribution is 0.151. The van der Waals surface area contributed by atoms with Crippen LogP contribution in [-0.2, 0) is 24.2 Å². The topological polar surface area (TPSA) is 78.2 Å². The molecule has 0 bridgehead atoms. The van der Waals surface area contributed by atoms with E-state index in [4.69, 9.17) is 14.7 Å². The van der Waals surface area contributed by atoms with Gasteiger partial charge in [0.15, 0.2) is 0 Å². The maximum absolute atomic E-state index is 12.2. The Morgan fingerprint density at radius 3 is 2.83 bits per heavy atom. The molecule has 1 saturated heterocycles. The van der Waals surface area contributed by atoms with Crippen molar-refractivity contribution < 1.29 is 9.53 Å². The van der Waals surface area contributed by atoms with E-state index in [1.807, 2.05) is 19.2 Å². The number of pyridine rings is 2. The summed E-state index contributed by atoms with van der Waals surface area (Å²) in [5.41, 5.74) is 5.39. The second-order valence-electron chi connectivity index (χ2n) is 9.82. The van der Waals surface area contributed by atoms with Crippen LogP contribution >= 0.6 is 0 Å². The number of carbonyl (C=O) groups is 1. The Labute approximate surface area is 213 Å². The van der Waals surface area contributed by atoms with E-state index in [1.54, 1.807) is 0 Å². The molecule has 1 N–H and O–H groups in total. The van der Waals surface area contributed by atoms with Crippen LogP contribution in [0.1, 0.15) is 48.5 Å². The first-order valence-electron chi connectivity index (χ1n) is 13.0. The molecule has 0 saturated carbocycles. The highest BCUT2D eigenvalue weighted by atomic mass is 16.5. The number of aryl methyl sites for hydroxylation is 1. The average molecular weight is 492 g/mol. The van der Waals surface area contributed by atoms with Crippen molar-refractivity contribution in [1.29, 1.82) is 0 Å². The Bertz CT molecular complexity index is 1200. The predicted octanol–water partition coefficient (Wildman–Crippen LogP) is 3.24. The van der Waals surface area contributed by atoms with Gasteiger partial charge in [0.25, 0.3) is 0 Å². The van der Waals surface area contributed by atoms with E-state index in [-0.39, 0.29) is 6.04 Å². The third-order valence-electron chi connectivity index (χ3n) is 7.40. The molecule has 0 radical (unpaired) electrons. The summed E-state index contributed by atoms with van der Waals surface area (Å²) in [6.45, 7) is 7.13. The van der Waals surface area contributed by atoms with E-state index in [0.29, 0.717) is 19.7 Å². The van der Waals surface area contributed by atoms with Crippen LogP contribution in [0.3, 0.4) is 0 Å². The van der Waals surface area contributed by atoms with Gasteiger partial charge < -0.3 is 19.9 Å². The van der Waals surface area contributed by atoms with Crippen LogP contribution in [0.25, 0.3) is 5.65 Å². The van der Waals surface area contributed by atoms with Crippen molar-refractivity contribution >= 4 is 17.6 Å². The summed E-state index contributed by atoms with van der Waals surface area (Å²) in [7, 11) is 4.32. The minimum Gasteiger partial charge on any atom is -0.450 e. The number of ether oxygens (including phenoxy) is 1. The van der Waals surface area contributed by atoms with Crippen LogP contribution in [0.4, 0.5) is 10.6 Å². The molecule has 2 aliphatic rings. The highest BCUT2D eigenvalue weighted by Crippen LogP contribution is 2.33. The summed E-state index contributed by atoms with van der Waals surface area (Å²) in [4.78, 5) is 29.1. The van der Waals surface area contributed by atoms with Crippen LogP contribution < -0.4 is 10.2 Å². The SMILES string of the molecule is CCOC(=O)NCc1c(CN(C)[C@H]2CCCc3cccnc32)nc2cccc(N3CCN(C)CC3)n12. The highest BCUT2D eigenvalue weighted by Gasteiger charge is 2.27. The van der Waals surface area contributed by atoms with E-state index in [0.717, 1.165) is 68.3 Å². The summed E-state index contributed by atoms with van der Waals surface area (Å²) in [6.07, 6.45) is 4.81. The normalized spacial score (nSPS) is 18.4. The van der Waals surface area contributed by atoms with Gasteiger partial charge in [0.1, 0.15) is 11.5 Å². The van der Waals surface area contributed by atoms with Gasteiger partial charge in [-0.3, -0.25) is 14.3 Å². The van der Waals surface area contributed by atoms with Crippen molar-refractivity contribution in [3.05, 3.63) is 59.2 Å². The molecule has 1 atom stereocenters. The molecule has 3 aromatic rings. The van der Waals surface area contributed by atoms with Gasteiger partial charge in [-0.1, -0.05) is 12.1 Å². The van der Waals surface area contributed by atoms with Gasteiger partial charge in [-0.05, 0) is 64.0 Å². The number of hydrogen-bond acceptors (Lipinski definition) is 7. The maximum atomic E-state index is 12.2. The maximum Gasteiger partial charge on any atom is 0.407 e. The Morgan fingerprint density at radius 1 is 1.19 bits per heavy atom. The number of nitrogens with zero attached hydrogens (tertiary/aromatic N) is 6. The number of likely N-dealkylation sites (N-methyl/N-ethyl adjacent to an activating group) is 1. The molecular weight excluding hydrogens is 454 g/mol. The molecule has 0 aromatic carbocycles. The zero-order valence-corrected chi connectivity index (χ0v) is 21.6. The fourth-order valence-corrected chi connectivity index (χ4v) is 5.47. The van der Waals surface area contributed by atoms with Crippen molar-refractivity contribution in [3.63, 3.8) is 0 Å². The van der Waals surface area contributed by atoms with Crippen molar-refractivity contribution in [1.82, 2.24) is 29.5 Å². The van der Waals surface area contributed by atoms with E-state index in [2.05, 4.69) is 62.8 Å². The zero-order valence-electron chi connectivity index (χ0n) is 21.6. The quantitative estimate of drug-likeness (QED) is 0.544. The first-order valence-corrected chi connectivity index (χ1v) is 13.0. The molecule has 192 valence electrons. The van der Waals surface area contributed by atoms with Gasteiger partial charge in [0, 0.05) is 38.9 Å². The largest absolute Gasteiger partial charge is 0.450 e. The molecule has 0 spiro atoms. The number of rotatable bonds is 7. The number of fused-ring (bicyclic) bond motifs is 2. The summed E-state index contributed by atoms with van der Waals surface area (Å²) in [5.74, 6) is 1.12. The molecule has 1 fully saturated rings. The zero-order chi connectivity index (χ0) is 25.1. The lowest BCUT2D eigenvalue weighted by atomic mass is 9.91. The molecule has 0 unspecified atom stereocenters. The molecule has 9 heteroatoms. The van der Waals surface area contributed by atoms with E-state index < -0.39 is 6.09 Å². The Kier molecular flexibility index (Phi) is 7.38. The predicted molar refractivity (Wildman–Crippen MR) is 140 cm³/mol. The minimum absolute atomic E-state index is 0.253. The number of alkyl carbamates (subject to hydrolysis) is 1. The van der Waals surface area contributed by atoms with Crippen LogP contribution in [0.2, 0.25) is 0 Å². The molecule has 36 heavy (non-hydrogen) atoms. The average Bonchev–Trinajstić information content (AvgIpc) is 3.24. The molecule has 4 heterocycles. The molecule has 3 aromatic heterocycles. The number of anilines is 1. The fraction of sp³-hybridized carbons (Fsp3) is 0.519. The summed E-state index contributed by atoms with van der Waals surface area (Å²) in [6, 6.07) is 10.8. The number of imidazole rings is 1. The molecule has 1 aliphatic heterocycles. The third-order valence-corrected chi connectivity index (χ3v) is 7.40. The van der Waals surface area contributed by atoms with Crippen LogP contribution in [0.15, 0.2) is 36.5 Å². The van der Waals surface area contributed by atoms with Gasteiger partial charge >= 0.3 is 6.09 Å². The summed E-state index contributed by atoms with van der Waals surface area (Å²) >= 11 is 0. The fourth-order valence-electron chi connectivity index (χ4n) is 5.47. The third kappa shape index (κ3) is 5.03. The number of carbonyl (C=O) groups excluding carboxylic acids is 1. The molecular formula is C27H37N7O2. The Hall–Kier alpha value is -3.17. The monoisotopic (exact) mass is 491 g/mol. The Balaban J connectivity index is 1.49. The number of hydrogen-bond donors (Lipinski definition) is 1. The number of amides is 1. The second-order valence-corrected chi connectivity index (χ2v) is 9.82. The van der Waals surface area contributed by atoms with Crippen molar-refractivity contribution in [2.24, 2.45) is 0 Å². The lowest BCUT2D eigenvalue weighted by Crippen LogP contribution is -2.45. The van der Waals surface area contributed by atoms with E-state index in [9.17, 15) is 4.79 Å². The smallest absolute Gasteiger partial charge is 0.407 e. The molecule has 1 amide bonds. The van der Waals surface area contributed by atoms with Crippen LogP contribution in [0, 0.1) is 0 Å². The molecule has 5 rings (SSSR count).